The number of amides is 1. The number of carbonyl (C=O) groups is 1. The Morgan fingerprint density at radius 2 is 2.36 bits per heavy atom. The molecule has 0 spiro atoms. The molecule has 1 aliphatic rings. The largest absolute Gasteiger partial charge is 0.379 e. The third kappa shape index (κ3) is 2.48. The van der Waals surface area contributed by atoms with Crippen molar-refractivity contribution in [3.8, 4) is 0 Å². The van der Waals surface area contributed by atoms with Gasteiger partial charge in [0, 0.05) is 33.2 Å². The van der Waals surface area contributed by atoms with E-state index in [9.17, 15) is 4.79 Å². The van der Waals surface area contributed by atoms with Gasteiger partial charge >= 0.3 is 0 Å². The minimum atomic E-state index is -0.231. The third-order valence-corrected chi connectivity index (χ3v) is 1.93. The van der Waals surface area contributed by atoms with E-state index in [2.05, 4.69) is 4.90 Å². The molecule has 1 amide bonds. The lowest BCUT2D eigenvalue weighted by Crippen LogP contribution is -2.52. The zero-order chi connectivity index (χ0) is 8.27. The first kappa shape index (κ1) is 8.49. The van der Waals surface area contributed by atoms with Gasteiger partial charge in [-0.05, 0) is 0 Å². The first-order chi connectivity index (χ1) is 5.22. The molecule has 0 aromatic rings. The molecule has 1 heterocycles. The van der Waals surface area contributed by atoms with Crippen LogP contribution >= 0.6 is 0 Å². The fourth-order valence-electron chi connectivity index (χ4n) is 1.12. The van der Waals surface area contributed by atoms with Crippen LogP contribution < -0.4 is 5.73 Å². The quantitative estimate of drug-likeness (QED) is 0.582. The monoisotopic (exact) mass is 158 g/mol. The van der Waals surface area contributed by atoms with E-state index in [-0.39, 0.29) is 5.91 Å². The zero-order valence-corrected chi connectivity index (χ0v) is 6.75. The molecule has 0 radical (unpaired) electrons. The van der Waals surface area contributed by atoms with Gasteiger partial charge in [-0.15, -0.1) is 0 Å². The maximum atomic E-state index is 10.4. The first-order valence-corrected chi connectivity index (χ1v) is 3.76. The van der Waals surface area contributed by atoms with E-state index in [0.29, 0.717) is 12.5 Å². The fourth-order valence-corrected chi connectivity index (χ4v) is 1.12. The number of primary amides is 1. The molecule has 0 aliphatic carbocycles. The van der Waals surface area contributed by atoms with Crippen LogP contribution in [0.5, 0.6) is 0 Å². The van der Waals surface area contributed by atoms with Crippen molar-refractivity contribution in [2.24, 2.45) is 5.73 Å². The number of nitrogens with zero attached hydrogens (tertiary/aromatic N) is 1. The van der Waals surface area contributed by atoms with Crippen LogP contribution in [0, 0.1) is 0 Å². The van der Waals surface area contributed by atoms with Gasteiger partial charge in [0.05, 0.1) is 6.10 Å². The number of methoxy groups -OCH3 is 1. The van der Waals surface area contributed by atoms with E-state index in [0.717, 1.165) is 19.6 Å². The first-order valence-electron chi connectivity index (χ1n) is 3.76. The summed E-state index contributed by atoms with van der Waals surface area (Å²) in [5.41, 5.74) is 4.99. The van der Waals surface area contributed by atoms with Crippen molar-refractivity contribution in [1.29, 1.82) is 0 Å². The normalized spacial score (nSPS) is 19.7. The second kappa shape index (κ2) is 3.69. The molecule has 0 bridgehead atoms. The molecule has 4 nitrogen and oxygen atoms in total. The Morgan fingerprint density at radius 1 is 1.73 bits per heavy atom. The van der Waals surface area contributed by atoms with Crippen molar-refractivity contribution in [3.63, 3.8) is 0 Å². The van der Waals surface area contributed by atoms with Gasteiger partial charge in [0.2, 0.25) is 5.91 Å². The molecule has 4 heteroatoms. The summed E-state index contributed by atoms with van der Waals surface area (Å²) >= 11 is 0. The average molecular weight is 158 g/mol. The van der Waals surface area contributed by atoms with Crippen molar-refractivity contribution >= 4 is 5.91 Å². The van der Waals surface area contributed by atoms with Gasteiger partial charge in [0.25, 0.3) is 0 Å². The summed E-state index contributed by atoms with van der Waals surface area (Å²) in [5.74, 6) is -0.231. The Hall–Kier alpha value is -0.610. The lowest BCUT2D eigenvalue weighted by Gasteiger charge is -2.37. The number of hydrogen-bond donors (Lipinski definition) is 1. The summed E-state index contributed by atoms with van der Waals surface area (Å²) in [5, 5.41) is 0. The Morgan fingerprint density at radius 3 is 2.82 bits per heavy atom. The van der Waals surface area contributed by atoms with Crippen molar-refractivity contribution in [1.82, 2.24) is 4.90 Å². The fraction of sp³-hybridized carbons (Fsp3) is 0.857. The number of nitrogens with two attached hydrogens (primary N) is 1. The predicted octanol–water partition coefficient (Wildman–Crippen LogP) is -0.808. The molecule has 1 fully saturated rings. The second-order valence-corrected chi connectivity index (χ2v) is 2.83. The van der Waals surface area contributed by atoms with Gasteiger partial charge in [-0.1, -0.05) is 0 Å². The van der Waals surface area contributed by atoms with Crippen LogP contribution in [0.25, 0.3) is 0 Å². The third-order valence-electron chi connectivity index (χ3n) is 1.93. The smallest absolute Gasteiger partial charge is 0.218 e. The topological polar surface area (TPSA) is 55.6 Å². The maximum Gasteiger partial charge on any atom is 0.218 e. The summed E-state index contributed by atoms with van der Waals surface area (Å²) in [4.78, 5) is 12.5. The van der Waals surface area contributed by atoms with Crippen LogP contribution in [0.4, 0.5) is 0 Å². The number of rotatable bonds is 4. The molecule has 11 heavy (non-hydrogen) atoms. The SMILES string of the molecule is COC1CN(CCC(N)=O)C1. The molecule has 1 aliphatic heterocycles. The van der Waals surface area contributed by atoms with Gasteiger partial charge in [-0.25, -0.2) is 0 Å². The van der Waals surface area contributed by atoms with E-state index in [1.54, 1.807) is 7.11 Å². The van der Waals surface area contributed by atoms with Gasteiger partial charge in [-0.3, -0.25) is 9.69 Å². The lowest BCUT2D eigenvalue weighted by atomic mass is 10.1. The average Bonchev–Trinajstić information content (AvgIpc) is 1.84. The highest BCUT2D eigenvalue weighted by Crippen LogP contribution is 2.09. The van der Waals surface area contributed by atoms with E-state index in [1.807, 2.05) is 0 Å². The predicted molar refractivity (Wildman–Crippen MR) is 41.0 cm³/mol. The number of likely N-dealkylation sites (tertiary alicyclic amines) is 1. The second-order valence-electron chi connectivity index (χ2n) is 2.83. The van der Waals surface area contributed by atoms with Crippen LogP contribution in [0.3, 0.4) is 0 Å². The standard InChI is InChI=1S/C7H14N2O2/c1-11-6-4-9(5-6)3-2-7(8)10/h6H,2-5H2,1H3,(H2,8,10). The summed E-state index contributed by atoms with van der Waals surface area (Å²) in [6.45, 7) is 2.64. The maximum absolute atomic E-state index is 10.4. The van der Waals surface area contributed by atoms with Crippen molar-refractivity contribution < 1.29 is 9.53 Å². The summed E-state index contributed by atoms with van der Waals surface area (Å²) in [6, 6.07) is 0. The molecule has 64 valence electrons. The minimum Gasteiger partial charge on any atom is -0.379 e. The molecule has 0 unspecified atom stereocenters. The molecule has 0 aromatic carbocycles. The van der Waals surface area contributed by atoms with E-state index >= 15 is 0 Å². The van der Waals surface area contributed by atoms with Crippen LogP contribution in [-0.4, -0.2) is 43.7 Å². The molecular formula is C7H14N2O2. The van der Waals surface area contributed by atoms with Crippen LogP contribution in [-0.2, 0) is 9.53 Å². The van der Waals surface area contributed by atoms with Crippen LogP contribution in [0.15, 0.2) is 0 Å². The molecule has 0 atom stereocenters. The highest BCUT2D eigenvalue weighted by Gasteiger charge is 2.25. The molecule has 1 saturated heterocycles. The molecule has 1 rings (SSSR count). The van der Waals surface area contributed by atoms with Crippen molar-refractivity contribution in [3.05, 3.63) is 0 Å². The summed E-state index contributed by atoms with van der Waals surface area (Å²) in [7, 11) is 1.70. The highest BCUT2D eigenvalue weighted by molar-refractivity contribution is 5.73. The Bertz CT molecular complexity index is 143. The Labute approximate surface area is 66.3 Å². The number of hydrogen-bond acceptors (Lipinski definition) is 3. The molecule has 0 saturated carbocycles. The van der Waals surface area contributed by atoms with Gasteiger partial charge < -0.3 is 10.5 Å². The Balaban J connectivity index is 2.00. The molecule has 2 N–H and O–H groups in total. The van der Waals surface area contributed by atoms with Crippen LogP contribution in [0.2, 0.25) is 0 Å². The van der Waals surface area contributed by atoms with E-state index in [1.165, 1.54) is 0 Å². The van der Waals surface area contributed by atoms with Gasteiger partial charge in [-0.2, -0.15) is 0 Å². The van der Waals surface area contributed by atoms with E-state index in [4.69, 9.17) is 10.5 Å². The summed E-state index contributed by atoms with van der Waals surface area (Å²) in [6.07, 6.45) is 0.819. The van der Waals surface area contributed by atoms with Crippen molar-refractivity contribution in [2.75, 3.05) is 26.7 Å². The minimum absolute atomic E-state index is 0.231. The molecular weight excluding hydrogens is 144 g/mol. The number of ether oxygens (including phenoxy) is 1. The Kier molecular flexibility index (Phi) is 2.84. The molecule has 0 aromatic heterocycles. The van der Waals surface area contributed by atoms with Crippen molar-refractivity contribution in [2.45, 2.75) is 12.5 Å². The van der Waals surface area contributed by atoms with Crippen LogP contribution in [0.1, 0.15) is 6.42 Å². The number of carbonyl (C=O) groups excluding carboxylic acids is 1. The lowest BCUT2D eigenvalue weighted by molar-refractivity contribution is -0.119. The van der Waals surface area contributed by atoms with E-state index < -0.39 is 0 Å². The summed E-state index contributed by atoms with van der Waals surface area (Å²) < 4.78 is 5.07. The highest BCUT2D eigenvalue weighted by atomic mass is 16.5. The van der Waals surface area contributed by atoms with Gasteiger partial charge in [0.15, 0.2) is 0 Å². The van der Waals surface area contributed by atoms with Gasteiger partial charge in [0.1, 0.15) is 0 Å². The zero-order valence-electron chi connectivity index (χ0n) is 6.75.